The molecule has 3 nitrogen and oxygen atoms in total. The molecule has 0 atom stereocenters. The van der Waals surface area contributed by atoms with Crippen molar-refractivity contribution in [2.24, 2.45) is 0 Å². The van der Waals surface area contributed by atoms with Crippen molar-refractivity contribution in [2.45, 2.75) is 0 Å². The van der Waals surface area contributed by atoms with Gasteiger partial charge in [0.2, 0.25) is 0 Å². The van der Waals surface area contributed by atoms with E-state index in [0.29, 0.717) is 17.2 Å². The molecule has 1 N–H and O–H groups in total. The number of rotatable bonds is 2. The highest BCUT2D eigenvalue weighted by atomic mass is 32.1. The lowest BCUT2D eigenvalue weighted by molar-refractivity contribution is 0.630. The Morgan fingerprint density at radius 3 is 2.76 bits per heavy atom. The zero-order valence-electron chi connectivity index (χ0n) is 8.72. The molecule has 0 aliphatic carbocycles. The molecule has 0 fully saturated rings. The van der Waals surface area contributed by atoms with Crippen molar-refractivity contribution in [2.75, 3.05) is 0 Å². The molecule has 1 aromatic carbocycles. The summed E-state index contributed by atoms with van der Waals surface area (Å²) in [6, 6.07) is 10.3. The van der Waals surface area contributed by atoms with Crippen molar-refractivity contribution in [3.05, 3.63) is 47.6 Å². The highest BCUT2D eigenvalue weighted by Gasteiger charge is 2.11. The van der Waals surface area contributed by atoms with Crippen LogP contribution < -0.4 is 0 Å². The first kappa shape index (κ1) is 10.2. The van der Waals surface area contributed by atoms with Gasteiger partial charge in [0.15, 0.2) is 11.6 Å². The van der Waals surface area contributed by atoms with Crippen molar-refractivity contribution in [3.8, 4) is 22.1 Å². The van der Waals surface area contributed by atoms with Crippen LogP contribution in [0.15, 0.2) is 41.8 Å². The van der Waals surface area contributed by atoms with E-state index in [2.05, 4.69) is 15.2 Å². The van der Waals surface area contributed by atoms with Gasteiger partial charge in [0.25, 0.3) is 0 Å². The van der Waals surface area contributed by atoms with Crippen molar-refractivity contribution >= 4 is 11.3 Å². The van der Waals surface area contributed by atoms with Crippen molar-refractivity contribution in [1.82, 2.24) is 15.2 Å². The predicted octanol–water partition coefficient (Wildman–Crippen LogP) is 3.34. The van der Waals surface area contributed by atoms with Gasteiger partial charge in [0.1, 0.15) is 5.82 Å². The third-order valence-corrected chi connectivity index (χ3v) is 3.23. The molecule has 5 heteroatoms. The van der Waals surface area contributed by atoms with Crippen LogP contribution in [0, 0.1) is 5.82 Å². The minimum atomic E-state index is -0.316. The lowest BCUT2D eigenvalue weighted by Crippen LogP contribution is -1.85. The molecule has 3 rings (SSSR count). The van der Waals surface area contributed by atoms with Crippen LogP contribution >= 0.6 is 11.3 Å². The van der Waals surface area contributed by atoms with E-state index in [0.717, 1.165) is 4.88 Å². The topological polar surface area (TPSA) is 41.6 Å². The minimum absolute atomic E-state index is 0.316. The van der Waals surface area contributed by atoms with E-state index in [9.17, 15) is 4.39 Å². The van der Waals surface area contributed by atoms with Crippen molar-refractivity contribution in [1.29, 1.82) is 0 Å². The number of H-pyrrole nitrogens is 1. The zero-order valence-corrected chi connectivity index (χ0v) is 9.54. The summed E-state index contributed by atoms with van der Waals surface area (Å²) in [6.45, 7) is 0. The summed E-state index contributed by atoms with van der Waals surface area (Å²) in [6.07, 6.45) is 0. The molecule has 0 amide bonds. The molecule has 0 bridgehead atoms. The molecule has 0 aliphatic heterocycles. The Hall–Kier alpha value is -2.01. The van der Waals surface area contributed by atoms with E-state index in [1.54, 1.807) is 29.5 Å². The van der Waals surface area contributed by atoms with E-state index in [1.807, 2.05) is 17.5 Å². The Balaban J connectivity index is 2.04. The maximum absolute atomic E-state index is 13.5. The van der Waals surface area contributed by atoms with E-state index in [1.165, 1.54) is 6.07 Å². The second kappa shape index (κ2) is 4.10. The van der Waals surface area contributed by atoms with Gasteiger partial charge in [-0.25, -0.2) is 9.37 Å². The van der Waals surface area contributed by atoms with Gasteiger partial charge in [-0.2, -0.15) is 5.10 Å². The van der Waals surface area contributed by atoms with Gasteiger partial charge in [-0.15, -0.1) is 11.3 Å². The van der Waals surface area contributed by atoms with E-state index in [-0.39, 0.29) is 5.82 Å². The molecule has 2 heterocycles. The van der Waals surface area contributed by atoms with Crippen LogP contribution in [0.5, 0.6) is 0 Å². The largest absolute Gasteiger partial charge is 0.258 e. The molecular weight excluding hydrogens is 237 g/mol. The summed E-state index contributed by atoms with van der Waals surface area (Å²) in [4.78, 5) is 5.27. The van der Waals surface area contributed by atoms with Gasteiger partial charge in [0, 0.05) is 0 Å². The third kappa shape index (κ3) is 1.85. The average Bonchev–Trinajstić information content (AvgIpc) is 3.00. The Morgan fingerprint density at radius 1 is 1.12 bits per heavy atom. The Morgan fingerprint density at radius 2 is 2.00 bits per heavy atom. The van der Waals surface area contributed by atoms with E-state index in [4.69, 9.17) is 0 Å². The van der Waals surface area contributed by atoms with Gasteiger partial charge in [0.05, 0.1) is 10.4 Å². The molecule has 0 spiro atoms. The molecule has 0 unspecified atom stereocenters. The normalized spacial score (nSPS) is 10.6. The Labute approximate surface area is 101 Å². The SMILES string of the molecule is Fc1ccccc1-c1n[nH]c(-c2cccs2)n1. The fourth-order valence-corrected chi connectivity index (χ4v) is 2.21. The number of benzene rings is 1. The van der Waals surface area contributed by atoms with Crippen LogP contribution in [0.2, 0.25) is 0 Å². The first-order chi connectivity index (χ1) is 8.34. The van der Waals surface area contributed by atoms with E-state index < -0.39 is 0 Å². The number of halogens is 1. The summed E-state index contributed by atoms with van der Waals surface area (Å²) in [5.41, 5.74) is 0.409. The van der Waals surface area contributed by atoms with Crippen molar-refractivity contribution in [3.63, 3.8) is 0 Å². The van der Waals surface area contributed by atoms with Crippen LogP contribution in [0.1, 0.15) is 0 Å². The number of nitrogens with one attached hydrogen (secondary N) is 1. The number of nitrogens with zero attached hydrogens (tertiary/aromatic N) is 2. The van der Waals surface area contributed by atoms with Gasteiger partial charge in [-0.1, -0.05) is 18.2 Å². The van der Waals surface area contributed by atoms with E-state index >= 15 is 0 Å². The highest BCUT2D eigenvalue weighted by molar-refractivity contribution is 7.13. The van der Waals surface area contributed by atoms with Gasteiger partial charge in [-0.05, 0) is 23.6 Å². The van der Waals surface area contributed by atoms with Gasteiger partial charge < -0.3 is 0 Å². The lowest BCUT2D eigenvalue weighted by Gasteiger charge is -1.95. The van der Waals surface area contributed by atoms with Crippen LogP contribution in [-0.2, 0) is 0 Å². The summed E-state index contributed by atoms with van der Waals surface area (Å²) in [7, 11) is 0. The summed E-state index contributed by atoms with van der Waals surface area (Å²) in [5.74, 6) is 0.731. The highest BCUT2D eigenvalue weighted by Crippen LogP contribution is 2.24. The monoisotopic (exact) mass is 245 g/mol. The first-order valence-electron chi connectivity index (χ1n) is 5.06. The zero-order chi connectivity index (χ0) is 11.7. The molecule has 0 radical (unpaired) electrons. The number of thiophene rings is 1. The summed E-state index contributed by atoms with van der Waals surface area (Å²) in [5, 5.41) is 8.81. The molecule has 0 aliphatic rings. The maximum Gasteiger partial charge on any atom is 0.184 e. The fourth-order valence-electron chi connectivity index (χ4n) is 1.55. The lowest BCUT2D eigenvalue weighted by atomic mass is 10.2. The second-order valence-electron chi connectivity index (χ2n) is 3.46. The molecule has 0 saturated carbocycles. The molecule has 0 saturated heterocycles. The molecule has 84 valence electrons. The van der Waals surface area contributed by atoms with Gasteiger partial charge in [-0.3, -0.25) is 5.10 Å². The van der Waals surface area contributed by atoms with Crippen LogP contribution in [0.3, 0.4) is 0 Å². The quantitative estimate of drug-likeness (QED) is 0.752. The number of aromatic amines is 1. The van der Waals surface area contributed by atoms with Crippen LogP contribution in [0.4, 0.5) is 4.39 Å². The number of hydrogen-bond acceptors (Lipinski definition) is 3. The fraction of sp³-hybridized carbons (Fsp3) is 0. The molecule has 2 aromatic heterocycles. The summed E-state index contributed by atoms with van der Waals surface area (Å²) < 4.78 is 13.5. The van der Waals surface area contributed by atoms with Gasteiger partial charge >= 0.3 is 0 Å². The van der Waals surface area contributed by atoms with Crippen LogP contribution in [-0.4, -0.2) is 15.2 Å². The number of hydrogen-bond donors (Lipinski definition) is 1. The predicted molar refractivity (Wildman–Crippen MR) is 65.1 cm³/mol. The summed E-state index contributed by atoms with van der Waals surface area (Å²) >= 11 is 1.56. The molecular formula is C12H8FN3S. The molecule has 17 heavy (non-hydrogen) atoms. The third-order valence-electron chi connectivity index (χ3n) is 2.35. The second-order valence-corrected chi connectivity index (χ2v) is 4.41. The van der Waals surface area contributed by atoms with Crippen molar-refractivity contribution < 1.29 is 4.39 Å². The average molecular weight is 245 g/mol. The minimum Gasteiger partial charge on any atom is -0.258 e. The smallest absolute Gasteiger partial charge is 0.184 e. The van der Waals surface area contributed by atoms with Crippen LogP contribution in [0.25, 0.3) is 22.1 Å². The Bertz CT molecular complexity index is 631. The molecule has 3 aromatic rings. The first-order valence-corrected chi connectivity index (χ1v) is 5.94. The maximum atomic E-state index is 13.5. The Kier molecular flexibility index (Phi) is 2.45. The number of aromatic nitrogens is 3. The standard InChI is InChI=1S/C12H8FN3S/c13-9-5-2-1-4-8(9)11-14-12(16-15-11)10-6-3-7-17-10/h1-7H,(H,14,15,16).